The Morgan fingerprint density at radius 3 is 2.53 bits per heavy atom. The van der Waals surface area contributed by atoms with Crippen molar-refractivity contribution in [2.75, 3.05) is 53.7 Å². The first kappa shape index (κ1) is 14.6. The minimum Gasteiger partial charge on any atom is -0.385 e. The summed E-state index contributed by atoms with van der Waals surface area (Å²) in [6.45, 7) is 7.99. The zero-order chi connectivity index (χ0) is 11.4. The van der Waals surface area contributed by atoms with Crippen LogP contribution in [0.5, 0.6) is 0 Å². The van der Waals surface area contributed by atoms with E-state index in [1.807, 2.05) is 7.05 Å². The molecule has 4 heteroatoms. The van der Waals surface area contributed by atoms with Crippen molar-refractivity contribution in [1.29, 1.82) is 0 Å². The van der Waals surface area contributed by atoms with Gasteiger partial charge in [-0.2, -0.15) is 0 Å². The number of likely N-dealkylation sites (N-methyl/N-ethyl adjacent to an activating group) is 1. The first-order valence-electron chi connectivity index (χ1n) is 5.27. The van der Waals surface area contributed by atoms with Gasteiger partial charge >= 0.3 is 0 Å². The predicted octanol–water partition coefficient (Wildman–Crippen LogP) is 0.832. The topological polar surface area (TPSA) is 39.7 Å². The van der Waals surface area contributed by atoms with Crippen LogP contribution in [-0.2, 0) is 14.2 Å². The molecule has 0 rings (SSSR count). The number of rotatable bonds is 11. The van der Waals surface area contributed by atoms with Crippen molar-refractivity contribution < 1.29 is 14.2 Å². The lowest BCUT2D eigenvalue weighted by atomic mass is 10.3. The molecule has 0 aromatic carbocycles. The molecule has 0 saturated carbocycles. The summed E-state index contributed by atoms with van der Waals surface area (Å²) in [6, 6.07) is 0. The van der Waals surface area contributed by atoms with Gasteiger partial charge in [-0.15, -0.1) is 0 Å². The first-order valence-corrected chi connectivity index (χ1v) is 5.27. The number of hydrogen-bond donors (Lipinski definition) is 1. The van der Waals surface area contributed by atoms with E-state index < -0.39 is 0 Å². The Hall–Kier alpha value is -0.420. The van der Waals surface area contributed by atoms with Crippen molar-refractivity contribution >= 4 is 0 Å². The van der Waals surface area contributed by atoms with Gasteiger partial charge in [0.2, 0.25) is 0 Å². The number of hydrogen-bond acceptors (Lipinski definition) is 4. The second-order valence-electron chi connectivity index (χ2n) is 3.29. The summed E-state index contributed by atoms with van der Waals surface area (Å²) in [5.41, 5.74) is 1.05. The lowest BCUT2D eigenvalue weighted by molar-refractivity contribution is 0.0467. The van der Waals surface area contributed by atoms with E-state index in [1.54, 1.807) is 7.11 Å². The van der Waals surface area contributed by atoms with Gasteiger partial charge in [-0.25, -0.2) is 0 Å². The van der Waals surface area contributed by atoms with Crippen molar-refractivity contribution in [2.45, 2.75) is 6.42 Å². The van der Waals surface area contributed by atoms with E-state index in [4.69, 9.17) is 14.2 Å². The highest BCUT2D eigenvalue weighted by molar-refractivity contribution is 4.96. The minimum absolute atomic E-state index is 0.599. The Balaban J connectivity index is 3.01. The standard InChI is InChI=1S/C11H23NO3/c1-11(9-12-2)10-15-8-7-14-6-4-5-13-3/h12H,1,4-10H2,2-3H3. The van der Waals surface area contributed by atoms with Crippen molar-refractivity contribution in [1.82, 2.24) is 5.32 Å². The third-order valence-electron chi connectivity index (χ3n) is 1.74. The van der Waals surface area contributed by atoms with E-state index in [0.717, 1.165) is 31.8 Å². The van der Waals surface area contributed by atoms with Gasteiger partial charge in [-0.05, 0) is 19.0 Å². The molecule has 0 atom stereocenters. The molecule has 0 saturated heterocycles. The fraction of sp³-hybridized carbons (Fsp3) is 0.818. The van der Waals surface area contributed by atoms with Crippen LogP contribution in [0.3, 0.4) is 0 Å². The molecule has 0 aliphatic heterocycles. The van der Waals surface area contributed by atoms with Gasteiger partial charge < -0.3 is 19.5 Å². The molecular formula is C11H23NO3. The van der Waals surface area contributed by atoms with Crippen molar-refractivity contribution in [3.05, 3.63) is 12.2 Å². The van der Waals surface area contributed by atoms with Crippen LogP contribution in [0.1, 0.15) is 6.42 Å². The summed E-state index contributed by atoms with van der Waals surface area (Å²) < 4.78 is 15.6. The maximum Gasteiger partial charge on any atom is 0.0704 e. The zero-order valence-electron chi connectivity index (χ0n) is 9.88. The Labute approximate surface area is 92.6 Å². The van der Waals surface area contributed by atoms with Gasteiger partial charge in [0.05, 0.1) is 19.8 Å². The van der Waals surface area contributed by atoms with Crippen LogP contribution in [0.25, 0.3) is 0 Å². The summed E-state index contributed by atoms with van der Waals surface area (Å²) in [7, 11) is 3.58. The van der Waals surface area contributed by atoms with Crippen LogP contribution in [0.4, 0.5) is 0 Å². The summed E-state index contributed by atoms with van der Waals surface area (Å²) in [4.78, 5) is 0. The third-order valence-corrected chi connectivity index (χ3v) is 1.74. The molecule has 0 fully saturated rings. The van der Waals surface area contributed by atoms with Crippen molar-refractivity contribution in [2.24, 2.45) is 0 Å². The maximum atomic E-state index is 5.36. The molecule has 0 spiro atoms. The van der Waals surface area contributed by atoms with Crippen LogP contribution in [0, 0.1) is 0 Å². The second-order valence-corrected chi connectivity index (χ2v) is 3.29. The van der Waals surface area contributed by atoms with Crippen LogP contribution in [0.15, 0.2) is 12.2 Å². The normalized spacial score (nSPS) is 10.5. The van der Waals surface area contributed by atoms with E-state index in [-0.39, 0.29) is 0 Å². The van der Waals surface area contributed by atoms with Gasteiger partial charge in [0.15, 0.2) is 0 Å². The fourth-order valence-corrected chi connectivity index (χ4v) is 1.04. The van der Waals surface area contributed by atoms with Gasteiger partial charge in [-0.1, -0.05) is 6.58 Å². The zero-order valence-corrected chi connectivity index (χ0v) is 9.88. The summed E-state index contributed by atoms with van der Waals surface area (Å²) in [6.07, 6.45) is 0.933. The van der Waals surface area contributed by atoms with E-state index in [2.05, 4.69) is 11.9 Å². The number of methoxy groups -OCH3 is 1. The van der Waals surface area contributed by atoms with Crippen LogP contribution >= 0.6 is 0 Å². The Morgan fingerprint density at radius 1 is 1.13 bits per heavy atom. The highest BCUT2D eigenvalue weighted by Gasteiger charge is 1.93. The summed E-state index contributed by atoms with van der Waals surface area (Å²) in [5, 5.41) is 3.02. The molecule has 15 heavy (non-hydrogen) atoms. The Morgan fingerprint density at radius 2 is 1.87 bits per heavy atom. The summed E-state index contributed by atoms with van der Waals surface area (Å²) >= 11 is 0. The van der Waals surface area contributed by atoms with Gasteiger partial charge in [0.1, 0.15) is 0 Å². The lowest BCUT2D eigenvalue weighted by Crippen LogP contribution is -2.15. The highest BCUT2D eigenvalue weighted by Crippen LogP contribution is 1.90. The largest absolute Gasteiger partial charge is 0.385 e. The average Bonchev–Trinajstić information content (AvgIpc) is 2.22. The van der Waals surface area contributed by atoms with E-state index in [0.29, 0.717) is 19.8 Å². The second kappa shape index (κ2) is 11.7. The maximum absolute atomic E-state index is 5.36. The molecule has 0 radical (unpaired) electrons. The van der Waals surface area contributed by atoms with E-state index in [1.165, 1.54) is 0 Å². The number of nitrogens with one attached hydrogen (secondary N) is 1. The van der Waals surface area contributed by atoms with E-state index >= 15 is 0 Å². The minimum atomic E-state index is 0.599. The molecule has 90 valence electrons. The van der Waals surface area contributed by atoms with Gasteiger partial charge in [0, 0.05) is 26.9 Å². The lowest BCUT2D eigenvalue weighted by Gasteiger charge is -2.07. The molecule has 0 aliphatic carbocycles. The fourth-order valence-electron chi connectivity index (χ4n) is 1.04. The average molecular weight is 217 g/mol. The highest BCUT2D eigenvalue weighted by atomic mass is 16.5. The van der Waals surface area contributed by atoms with Gasteiger partial charge in [-0.3, -0.25) is 0 Å². The first-order chi connectivity index (χ1) is 7.31. The van der Waals surface area contributed by atoms with Gasteiger partial charge in [0.25, 0.3) is 0 Å². The molecule has 1 N–H and O–H groups in total. The molecule has 0 unspecified atom stereocenters. The van der Waals surface area contributed by atoms with Crippen molar-refractivity contribution in [3.63, 3.8) is 0 Å². The molecular weight excluding hydrogens is 194 g/mol. The molecule has 0 heterocycles. The van der Waals surface area contributed by atoms with Crippen molar-refractivity contribution in [3.8, 4) is 0 Å². The van der Waals surface area contributed by atoms with E-state index in [9.17, 15) is 0 Å². The monoisotopic (exact) mass is 217 g/mol. The SMILES string of the molecule is C=C(CNC)COCCOCCCOC. The quantitative estimate of drug-likeness (QED) is 0.411. The van der Waals surface area contributed by atoms with Crippen LogP contribution in [-0.4, -0.2) is 53.7 Å². The third kappa shape index (κ3) is 11.5. The smallest absolute Gasteiger partial charge is 0.0704 e. The van der Waals surface area contributed by atoms with Crippen LogP contribution in [0.2, 0.25) is 0 Å². The van der Waals surface area contributed by atoms with Crippen LogP contribution < -0.4 is 5.32 Å². The molecule has 4 nitrogen and oxygen atoms in total. The molecule has 0 bridgehead atoms. The Bertz CT molecular complexity index is 151. The molecule has 0 amide bonds. The predicted molar refractivity (Wildman–Crippen MR) is 61.2 cm³/mol. The Kier molecular flexibility index (Phi) is 11.3. The molecule has 0 aromatic rings. The number of ether oxygens (including phenoxy) is 3. The molecule has 0 aromatic heterocycles. The molecule has 0 aliphatic rings. The summed E-state index contributed by atoms with van der Waals surface area (Å²) in [5.74, 6) is 0.